The molecular formula is C58H66F6N6O6S. The van der Waals surface area contributed by atoms with Crippen molar-refractivity contribution in [2.45, 2.75) is 101 Å². The number of halogens is 6. The lowest BCUT2D eigenvalue weighted by Gasteiger charge is -2.35. The molecule has 4 fully saturated rings. The Morgan fingerprint density at radius 1 is 0.455 bits per heavy atom. The van der Waals surface area contributed by atoms with Gasteiger partial charge in [0.05, 0.1) is 11.1 Å². The molecule has 412 valence electrons. The first-order chi connectivity index (χ1) is 36.4. The molecule has 0 aromatic heterocycles. The van der Waals surface area contributed by atoms with Gasteiger partial charge in [-0.25, -0.2) is 9.59 Å². The van der Waals surface area contributed by atoms with Gasteiger partial charge in [-0.05, 0) is 115 Å². The summed E-state index contributed by atoms with van der Waals surface area (Å²) in [5, 5.41) is 0. The Kier molecular flexibility index (Phi) is 17.0. The van der Waals surface area contributed by atoms with Gasteiger partial charge in [-0.15, -0.1) is 0 Å². The third kappa shape index (κ3) is 13.7. The van der Waals surface area contributed by atoms with E-state index in [0.717, 1.165) is 37.8 Å². The number of nitrogens with zero attached hydrogens (tertiary/aromatic N) is 6. The fourth-order valence-corrected chi connectivity index (χ4v) is 11.3. The molecule has 0 saturated carbocycles. The Morgan fingerprint density at radius 3 is 1.10 bits per heavy atom. The van der Waals surface area contributed by atoms with Crippen LogP contribution >= 0.6 is 11.8 Å². The lowest BCUT2D eigenvalue weighted by atomic mass is 9.91. The number of carbonyl (C=O) groups is 4. The van der Waals surface area contributed by atoms with Crippen molar-refractivity contribution in [1.29, 1.82) is 0 Å². The monoisotopic (exact) mass is 1090 g/mol. The molecule has 4 aromatic carbocycles. The Labute approximate surface area is 450 Å². The van der Waals surface area contributed by atoms with Crippen LogP contribution in [-0.2, 0) is 31.4 Å². The van der Waals surface area contributed by atoms with Crippen LogP contribution in [0.4, 0.5) is 47.3 Å². The molecule has 4 aliphatic rings. The summed E-state index contributed by atoms with van der Waals surface area (Å²) in [7, 11) is 0. The zero-order chi connectivity index (χ0) is 55.5. The second-order valence-corrected chi connectivity index (χ2v) is 22.7. The number of amides is 4. The fourth-order valence-electron chi connectivity index (χ4n) is 10.2. The molecular weight excluding hydrogens is 1020 g/mol. The molecule has 0 N–H and O–H groups in total. The van der Waals surface area contributed by atoms with E-state index in [0.29, 0.717) is 49.3 Å². The summed E-state index contributed by atoms with van der Waals surface area (Å²) in [4.78, 5) is 62.0. The number of hydrogen-bond acceptors (Lipinski definition) is 9. The smallest absolute Gasteiger partial charge is 0.418 e. The molecule has 0 atom stereocenters. The Balaban J connectivity index is 1.21. The van der Waals surface area contributed by atoms with Gasteiger partial charge in [-0.1, -0.05) is 60.3 Å². The van der Waals surface area contributed by atoms with Crippen LogP contribution < -0.4 is 9.80 Å². The summed E-state index contributed by atoms with van der Waals surface area (Å²) in [6.07, 6.45) is -2.99. The largest absolute Gasteiger partial charge is 0.444 e. The van der Waals surface area contributed by atoms with Crippen molar-refractivity contribution in [3.63, 3.8) is 0 Å². The van der Waals surface area contributed by atoms with Crippen molar-refractivity contribution in [3.05, 3.63) is 107 Å². The highest BCUT2D eigenvalue weighted by Gasteiger charge is 2.42. The van der Waals surface area contributed by atoms with Crippen molar-refractivity contribution in [1.82, 2.24) is 19.6 Å². The highest BCUT2D eigenvalue weighted by molar-refractivity contribution is 7.99. The first-order valence-corrected chi connectivity index (χ1v) is 26.9. The lowest BCUT2D eigenvalue weighted by molar-refractivity contribution is -0.139. The molecule has 4 aliphatic heterocycles. The van der Waals surface area contributed by atoms with Crippen LogP contribution in [0.2, 0.25) is 0 Å². The van der Waals surface area contributed by atoms with Crippen LogP contribution in [-0.4, -0.2) is 133 Å². The minimum absolute atomic E-state index is 0.0294. The maximum atomic E-state index is 16.2. The van der Waals surface area contributed by atoms with E-state index in [1.165, 1.54) is 56.0 Å². The second-order valence-electron chi connectivity index (χ2n) is 21.6. The average Bonchev–Trinajstić information content (AvgIpc) is 4.22. The SMILES string of the molecule is CC(C)(C)OC(=O)N1CCN(C(=O)/C=C/c2ccc(Sc3ccc(/C=C/C(=O)N4CCN(C(=O)OC(C)(C)C)CC4)c(-c4ccccc4N4CCCC4)c3C(F)(F)F)c(C(F)(F)F)c2-c2ccccc2N2CCCC2)CC1. The summed E-state index contributed by atoms with van der Waals surface area (Å²) in [6, 6.07) is 18.4. The molecule has 8 rings (SSSR count). The van der Waals surface area contributed by atoms with E-state index in [9.17, 15) is 19.2 Å². The molecule has 12 nitrogen and oxygen atoms in total. The predicted molar refractivity (Wildman–Crippen MR) is 288 cm³/mol. The standard InChI is InChI=1S/C58H66F6N6O6S/c1-55(2,3)75-53(73)69-35-31-67(32-36-69)47(71)25-21-39-19-23-45(51(57(59,60)61)49(39)41-15-7-9-17-43(41)65-27-11-12-28-65)77-46-24-20-40(22-26-48(72)68-33-37-70(38-34-68)54(74)76-56(4,5)6)50(52(46)58(62,63)64)42-16-8-10-18-44(42)66-29-13-14-30-66/h7-10,15-26H,11-14,27-38H2,1-6H3/b25-21+,26-22+. The number of hydrogen-bond donors (Lipinski definition) is 0. The second kappa shape index (κ2) is 23.1. The zero-order valence-corrected chi connectivity index (χ0v) is 45.2. The summed E-state index contributed by atoms with van der Waals surface area (Å²) in [6.45, 7) is 14.2. The highest BCUT2D eigenvalue weighted by atomic mass is 32.2. The number of carbonyl (C=O) groups excluding carboxylic acids is 4. The summed E-state index contributed by atoms with van der Waals surface area (Å²) in [5.74, 6) is -0.986. The van der Waals surface area contributed by atoms with Crippen molar-refractivity contribution >= 4 is 59.3 Å². The van der Waals surface area contributed by atoms with Crippen LogP contribution in [0, 0.1) is 0 Å². The fraction of sp³-hybridized carbons (Fsp3) is 0.448. The first kappa shape index (κ1) is 56.6. The van der Waals surface area contributed by atoms with Crippen molar-refractivity contribution in [3.8, 4) is 22.3 Å². The van der Waals surface area contributed by atoms with E-state index in [2.05, 4.69) is 0 Å². The topological polar surface area (TPSA) is 106 Å². The predicted octanol–water partition coefficient (Wildman–Crippen LogP) is 12.6. The van der Waals surface area contributed by atoms with Gasteiger partial charge >= 0.3 is 24.5 Å². The minimum Gasteiger partial charge on any atom is -0.444 e. The Morgan fingerprint density at radius 2 is 0.779 bits per heavy atom. The molecule has 0 unspecified atom stereocenters. The molecule has 19 heteroatoms. The number of alkyl halides is 6. The molecule has 4 heterocycles. The summed E-state index contributed by atoms with van der Waals surface area (Å²) in [5.41, 5.74) is -2.85. The molecule has 77 heavy (non-hydrogen) atoms. The molecule has 4 aromatic rings. The van der Waals surface area contributed by atoms with Crippen LogP contribution in [0.1, 0.15) is 89.5 Å². The van der Waals surface area contributed by atoms with Gasteiger partial charge in [0, 0.05) is 134 Å². The van der Waals surface area contributed by atoms with Gasteiger partial charge in [0.2, 0.25) is 11.8 Å². The summed E-state index contributed by atoms with van der Waals surface area (Å²) >= 11 is 0.361. The van der Waals surface area contributed by atoms with Crippen molar-refractivity contribution in [2.24, 2.45) is 0 Å². The molecule has 0 aliphatic carbocycles. The van der Waals surface area contributed by atoms with E-state index in [1.54, 1.807) is 90.1 Å². The minimum atomic E-state index is -5.12. The Bertz CT molecular complexity index is 2690. The molecule has 0 radical (unpaired) electrons. The Hall–Kier alpha value is -6.63. The average molecular weight is 1090 g/mol. The molecule has 4 saturated heterocycles. The number of ether oxygens (including phenoxy) is 2. The quantitative estimate of drug-likeness (QED) is 0.113. The highest BCUT2D eigenvalue weighted by Crippen LogP contribution is 2.53. The molecule has 0 bridgehead atoms. The normalized spacial score (nSPS) is 17.0. The van der Waals surface area contributed by atoms with Crippen LogP contribution in [0.25, 0.3) is 34.4 Å². The zero-order valence-electron chi connectivity index (χ0n) is 44.4. The third-order valence-electron chi connectivity index (χ3n) is 13.7. The van der Waals surface area contributed by atoms with Crippen LogP contribution in [0.15, 0.2) is 94.7 Å². The molecule has 0 spiro atoms. The van der Waals surface area contributed by atoms with Crippen molar-refractivity contribution < 1.29 is 55.0 Å². The number of para-hydroxylation sites is 2. The van der Waals surface area contributed by atoms with Gasteiger partial charge in [0.1, 0.15) is 11.2 Å². The van der Waals surface area contributed by atoms with Crippen LogP contribution in [0.3, 0.4) is 0 Å². The lowest BCUT2D eigenvalue weighted by Crippen LogP contribution is -2.51. The number of rotatable bonds is 10. The van der Waals surface area contributed by atoms with E-state index in [4.69, 9.17) is 9.47 Å². The van der Waals surface area contributed by atoms with Gasteiger partial charge < -0.3 is 38.9 Å². The van der Waals surface area contributed by atoms with Gasteiger partial charge in [-0.2, -0.15) is 26.3 Å². The summed E-state index contributed by atoms with van der Waals surface area (Å²) < 4.78 is 108. The number of benzene rings is 4. The first-order valence-electron chi connectivity index (χ1n) is 26.1. The van der Waals surface area contributed by atoms with Crippen LogP contribution in [0.5, 0.6) is 0 Å². The van der Waals surface area contributed by atoms with E-state index >= 15 is 26.3 Å². The maximum Gasteiger partial charge on any atom is 0.418 e. The van der Waals surface area contributed by atoms with Gasteiger partial charge in [0.15, 0.2) is 0 Å². The van der Waals surface area contributed by atoms with E-state index in [-0.39, 0.29) is 85.7 Å². The molecule has 4 amide bonds. The van der Waals surface area contributed by atoms with E-state index in [1.807, 2.05) is 9.80 Å². The number of anilines is 2. The van der Waals surface area contributed by atoms with Gasteiger partial charge in [0.25, 0.3) is 0 Å². The van der Waals surface area contributed by atoms with Crippen molar-refractivity contribution in [2.75, 3.05) is 88.3 Å². The van der Waals surface area contributed by atoms with E-state index < -0.39 is 68.5 Å². The maximum absolute atomic E-state index is 16.2. The van der Waals surface area contributed by atoms with Gasteiger partial charge in [-0.3, -0.25) is 9.59 Å². The third-order valence-corrected chi connectivity index (χ3v) is 14.8. The number of piperazine rings is 2.